The van der Waals surface area contributed by atoms with Gasteiger partial charge in [0, 0.05) is 27.2 Å². The molecular weight excluding hydrogens is 384 g/mol. The summed E-state index contributed by atoms with van der Waals surface area (Å²) < 4.78 is 25.5. The number of rotatable bonds is 8. The molecule has 0 saturated heterocycles. The van der Waals surface area contributed by atoms with Crippen molar-refractivity contribution in [2.45, 2.75) is 38.1 Å². The Balaban J connectivity index is 2.00. The highest BCUT2D eigenvalue weighted by Crippen LogP contribution is 2.16. The molecule has 0 heterocycles. The largest absolute Gasteiger partial charge is 0.357 e. The van der Waals surface area contributed by atoms with Crippen molar-refractivity contribution in [3.05, 3.63) is 65.2 Å². The molecule has 2 rings (SSSR count). The summed E-state index contributed by atoms with van der Waals surface area (Å²) in [6, 6.07) is 15.4. The standard InChI is InChI=1S/C22H32N4O2S/c1-6-23-22(24-15-18(3)20-11-7-17(2)8-12-20)25-16-19-9-13-21(14-10-19)29(27,28)26(4)5/h7-14,18H,6,15-16H2,1-5H3,(H2,23,24,25). The van der Waals surface area contributed by atoms with Crippen molar-refractivity contribution in [2.75, 3.05) is 27.2 Å². The van der Waals surface area contributed by atoms with Crippen LogP contribution >= 0.6 is 0 Å². The maximum absolute atomic E-state index is 12.2. The molecule has 1 unspecified atom stereocenters. The summed E-state index contributed by atoms with van der Waals surface area (Å²) in [6.07, 6.45) is 0. The lowest BCUT2D eigenvalue weighted by Crippen LogP contribution is -2.39. The number of hydrogen-bond acceptors (Lipinski definition) is 3. The van der Waals surface area contributed by atoms with Crippen molar-refractivity contribution in [3.63, 3.8) is 0 Å². The predicted octanol–water partition coefficient (Wildman–Crippen LogP) is 3.10. The molecule has 0 amide bonds. The predicted molar refractivity (Wildman–Crippen MR) is 120 cm³/mol. The first-order chi connectivity index (χ1) is 13.7. The monoisotopic (exact) mass is 416 g/mol. The van der Waals surface area contributed by atoms with Crippen molar-refractivity contribution in [2.24, 2.45) is 4.99 Å². The second-order valence-electron chi connectivity index (χ2n) is 7.32. The van der Waals surface area contributed by atoms with Gasteiger partial charge in [0.15, 0.2) is 5.96 Å². The van der Waals surface area contributed by atoms with Crippen LogP contribution in [0.5, 0.6) is 0 Å². The van der Waals surface area contributed by atoms with E-state index in [0.29, 0.717) is 12.5 Å². The Morgan fingerprint density at radius 3 is 2.21 bits per heavy atom. The number of guanidine groups is 1. The van der Waals surface area contributed by atoms with Crippen molar-refractivity contribution in [1.82, 2.24) is 14.9 Å². The van der Waals surface area contributed by atoms with Gasteiger partial charge in [0.25, 0.3) is 0 Å². The van der Waals surface area contributed by atoms with E-state index in [1.807, 2.05) is 6.92 Å². The van der Waals surface area contributed by atoms with Crippen molar-refractivity contribution in [3.8, 4) is 0 Å². The van der Waals surface area contributed by atoms with Crippen LogP contribution in [0.2, 0.25) is 0 Å². The van der Waals surface area contributed by atoms with Gasteiger partial charge in [-0.15, -0.1) is 0 Å². The van der Waals surface area contributed by atoms with E-state index in [1.165, 1.54) is 29.5 Å². The van der Waals surface area contributed by atoms with E-state index in [0.717, 1.165) is 24.6 Å². The Labute approximate surface area is 175 Å². The summed E-state index contributed by atoms with van der Waals surface area (Å²) in [4.78, 5) is 4.91. The number of benzene rings is 2. The average molecular weight is 417 g/mol. The van der Waals surface area contributed by atoms with Gasteiger partial charge in [0.1, 0.15) is 0 Å². The van der Waals surface area contributed by atoms with Crippen LogP contribution in [0, 0.1) is 6.92 Å². The molecule has 6 nitrogen and oxygen atoms in total. The molecule has 0 radical (unpaired) electrons. The van der Waals surface area contributed by atoms with Gasteiger partial charge in [0.05, 0.1) is 11.4 Å². The maximum atomic E-state index is 12.2. The highest BCUT2D eigenvalue weighted by molar-refractivity contribution is 7.89. The SMILES string of the molecule is CCNC(=NCc1ccc(S(=O)(=O)N(C)C)cc1)NCC(C)c1ccc(C)cc1. The van der Waals surface area contributed by atoms with Gasteiger partial charge in [-0.1, -0.05) is 48.9 Å². The maximum Gasteiger partial charge on any atom is 0.242 e. The molecule has 0 fully saturated rings. The van der Waals surface area contributed by atoms with Crippen LogP contribution in [-0.4, -0.2) is 45.9 Å². The summed E-state index contributed by atoms with van der Waals surface area (Å²) in [7, 11) is -0.353. The second kappa shape index (κ2) is 10.4. The highest BCUT2D eigenvalue weighted by atomic mass is 32.2. The normalized spacial score (nSPS) is 13.4. The smallest absolute Gasteiger partial charge is 0.242 e. The van der Waals surface area contributed by atoms with E-state index in [9.17, 15) is 8.42 Å². The van der Waals surface area contributed by atoms with Crippen LogP contribution < -0.4 is 10.6 Å². The Bertz CT molecular complexity index is 905. The minimum absolute atomic E-state index is 0.284. The summed E-state index contributed by atoms with van der Waals surface area (Å²) in [5.41, 5.74) is 3.50. The van der Waals surface area contributed by atoms with E-state index >= 15 is 0 Å². The molecule has 0 spiro atoms. The number of sulfonamides is 1. The fraction of sp³-hybridized carbons (Fsp3) is 0.409. The van der Waals surface area contributed by atoms with Gasteiger partial charge in [-0.25, -0.2) is 17.7 Å². The van der Waals surface area contributed by atoms with Crippen LogP contribution in [0.1, 0.15) is 36.5 Å². The molecule has 0 aliphatic rings. The topological polar surface area (TPSA) is 73.8 Å². The summed E-state index contributed by atoms with van der Waals surface area (Å²) in [6.45, 7) is 8.31. The van der Waals surface area contributed by atoms with Gasteiger partial charge in [-0.05, 0) is 43.0 Å². The molecular formula is C22H32N4O2S. The zero-order valence-electron chi connectivity index (χ0n) is 17.9. The lowest BCUT2D eigenvalue weighted by atomic mass is 10.0. The molecule has 0 aliphatic heterocycles. The first-order valence-corrected chi connectivity index (χ1v) is 11.3. The third kappa shape index (κ3) is 6.58. The molecule has 0 bridgehead atoms. The van der Waals surface area contributed by atoms with Crippen LogP contribution in [0.3, 0.4) is 0 Å². The third-order valence-corrected chi connectivity index (χ3v) is 6.52. The summed E-state index contributed by atoms with van der Waals surface area (Å²) >= 11 is 0. The average Bonchev–Trinajstić information content (AvgIpc) is 2.70. The molecule has 0 saturated carbocycles. The molecule has 0 aliphatic carbocycles. The lowest BCUT2D eigenvalue weighted by molar-refractivity contribution is 0.520. The zero-order valence-corrected chi connectivity index (χ0v) is 18.8. The van der Waals surface area contributed by atoms with Crippen LogP contribution in [0.15, 0.2) is 58.4 Å². The number of aliphatic imine (C=N–C) groups is 1. The fourth-order valence-corrected chi connectivity index (χ4v) is 3.65. The van der Waals surface area contributed by atoms with E-state index < -0.39 is 10.0 Å². The molecule has 2 aromatic carbocycles. The third-order valence-electron chi connectivity index (χ3n) is 4.69. The Hall–Kier alpha value is -2.38. The summed E-state index contributed by atoms with van der Waals surface area (Å²) in [5, 5.41) is 6.65. The van der Waals surface area contributed by atoms with Crippen LogP contribution in [0.25, 0.3) is 0 Å². The van der Waals surface area contributed by atoms with Crippen molar-refractivity contribution in [1.29, 1.82) is 0 Å². The first kappa shape index (κ1) is 22.9. The van der Waals surface area contributed by atoms with Crippen molar-refractivity contribution < 1.29 is 8.42 Å². The van der Waals surface area contributed by atoms with Crippen LogP contribution in [0.4, 0.5) is 0 Å². The lowest BCUT2D eigenvalue weighted by Gasteiger charge is -2.16. The molecule has 158 valence electrons. The number of aryl methyl sites for hydroxylation is 1. The number of nitrogens with zero attached hydrogens (tertiary/aromatic N) is 2. The van der Waals surface area contributed by atoms with Gasteiger partial charge in [0.2, 0.25) is 10.0 Å². The zero-order chi connectivity index (χ0) is 21.4. The second-order valence-corrected chi connectivity index (χ2v) is 9.47. The minimum Gasteiger partial charge on any atom is -0.357 e. The van der Waals surface area contributed by atoms with Gasteiger partial charge in [-0.3, -0.25) is 0 Å². The van der Waals surface area contributed by atoms with Crippen LogP contribution in [-0.2, 0) is 16.6 Å². The quantitative estimate of drug-likeness (QED) is 0.512. The van der Waals surface area contributed by atoms with Gasteiger partial charge in [-0.2, -0.15) is 0 Å². The Kier molecular flexibility index (Phi) is 8.22. The van der Waals surface area contributed by atoms with E-state index in [2.05, 4.69) is 53.7 Å². The van der Waals surface area contributed by atoms with Gasteiger partial charge >= 0.3 is 0 Å². The molecule has 7 heteroatoms. The van der Waals surface area contributed by atoms with Crippen molar-refractivity contribution >= 4 is 16.0 Å². The Morgan fingerprint density at radius 1 is 1.03 bits per heavy atom. The van der Waals surface area contributed by atoms with E-state index in [1.54, 1.807) is 24.3 Å². The Morgan fingerprint density at radius 2 is 1.66 bits per heavy atom. The minimum atomic E-state index is -3.41. The first-order valence-electron chi connectivity index (χ1n) is 9.84. The van der Waals surface area contributed by atoms with E-state index in [-0.39, 0.29) is 4.90 Å². The number of nitrogens with one attached hydrogen (secondary N) is 2. The fourth-order valence-electron chi connectivity index (χ4n) is 2.75. The number of hydrogen-bond donors (Lipinski definition) is 2. The molecule has 2 aromatic rings. The molecule has 1 atom stereocenters. The molecule has 29 heavy (non-hydrogen) atoms. The molecule has 2 N–H and O–H groups in total. The molecule has 0 aromatic heterocycles. The van der Waals surface area contributed by atoms with Gasteiger partial charge < -0.3 is 10.6 Å². The van der Waals surface area contributed by atoms with E-state index in [4.69, 9.17) is 0 Å². The highest BCUT2D eigenvalue weighted by Gasteiger charge is 2.16. The summed E-state index contributed by atoms with van der Waals surface area (Å²) in [5.74, 6) is 1.10.